The summed E-state index contributed by atoms with van der Waals surface area (Å²) in [6, 6.07) is 37.4. The van der Waals surface area contributed by atoms with Crippen LogP contribution in [0.5, 0.6) is 0 Å². The largest absolute Gasteiger partial charge is 0.481 e. The van der Waals surface area contributed by atoms with Crippen LogP contribution in [0.25, 0.3) is 0 Å². The third kappa shape index (κ3) is 11.7. The van der Waals surface area contributed by atoms with E-state index in [2.05, 4.69) is 18.7 Å². The van der Waals surface area contributed by atoms with Crippen LogP contribution in [-0.4, -0.2) is 71.7 Å². The third-order valence-electron chi connectivity index (χ3n) is 10.3. The van der Waals surface area contributed by atoms with E-state index < -0.39 is 60.5 Å². The summed E-state index contributed by atoms with van der Waals surface area (Å²) in [7, 11) is 0. The maximum atomic E-state index is 14.0. The quantitative estimate of drug-likeness (QED) is 0.0360. The maximum absolute atomic E-state index is 14.0. The highest BCUT2D eigenvalue weighted by Crippen LogP contribution is 2.43. The number of esters is 3. The number of aryl methyl sites for hydroxylation is 2. The lowest BCUT2D eigenvalue weighted by atomic mass is 9.84. The summed E-state index contributed by atoms with van der Waals surface area (Å²) in [6.07, 6.45) is -1.10. The number of hydrogen-bond acceptors (Lipinski definition) is 10. The number of aliphatic carboxylic acids is 1. The molecule has 2 N–H and O–H groups in total. The predicted octanol–water partition coefficient (Wildman–Crippen LogP) is 8.01. The van der Waals surface area contributed by atoms with E-state index in [0.717, 1.165) is 36.0 Å². The molecule has 5 aromatic carbocycles. The number of unbranched alkanes of at least 4 members (excludes halogenated alkanes) is 1. The molecule has 5 aromatic rings. The zero-order valence-electron chi connectivity index (χ0n) is 33.9. The molecule has 6 rings (SSSR count). The molecule has 1 aliphatic rings. The molecule has 1 saturated heterocycles. The normalized spacial score (nSPS) is 19.6. The molecule has 315 valence electrons. The summed E-state index contributed by atoms with van der Waals surface area (Å²) in [6.45, 7) is 6.81. The van der Waals surface area contributed by atoms with Gasteiger partial charge in [0.1, 0.15) is 6.10 Å². The summed E-state index contributed by atoms with van der Waals surface area (Å²) in [5, 5.41) is 22.8. The van der Waals surface area contributed by atoms with Gasteiger partial charge in [0.05, 0.1) is 29.7 Å². The Morgan fingerprint density at radius 1 is 0.705 bits per heavy atom. The number of carboxylic acids is 1. The zero-order chi connectivity index (χ0) is 43.2. The molecule has 0 saturated carbocycles. The predicted molar refractivity (Wildman–Crippen MR) is 227 cm³/mol. The third-order valence-corrected chi connectivity index (χ3v) is 10.3. The highest BCUT2D eigenvalue weighted by molar-refractivity contribution is 5.91. The van der Waals surface area contributed by atoms with Crippen molar-refractivity contribution in [3.05, 3.63) is 197 Å². The second-order valence-corrected chi connectivity index (χ2v) is 14.7. The van der Waals surface area contributed by atoms with Gasteiger partial charge in [0.25, 0.3) is 0 Å². The van der Waals surface area contributed by atoms with E-state index in [1.54, 1.807) is 78.9 Å². The van der Waals surface area contributed by atoms with Crippen molar-refractivity contribution >= 4 is 23.9 Å². The average Bonchev–Trinajstić information content (AvgIpc) is 3.28. The van der Waals surface area contributed by atoms with Crippen LogP contribution < -0.4 is 0 Å². The van der Waals surface area contributed by atoms with Crippen LogP contribution in [0.2, 0.25) is 0 Å². The Balaban J connectivity index is 1.40. The van der Waals surface area contributed by atoms with Crippen molar-refractivity contribution in [3.8, 4) is 0 Å². The number of aliphatic hydroxyl groups is 1. The number of hydrogen-bond donors (Lipinski definition) is 2. The summed E-state index contributed by atoms with van der Waals surface area (Å²) < 4.78 is 30.2. The molecule has 0 amide bonds. The van der Waals surface area contributed by atoms with Crippen molar-refractivity contribution in [2.24, 2.45) is 0 Å². The molecule has 1 heterocycles. The Bertz CT molecular complexity index is 2240. The fraction of sp³-hybridized carbons (Fsp3) is 0.260. The van der Waals surface area contributed by atoms with Gasteiger partial charge in [-0.05, 0) is 97.3 Å². The van der Waals surface area contributed by atoms with Gasteiger partial charge in [-0.1, -0.05) is 97.1 Å². The Labute approximate surface area is 355 Å². The molecule has 1 aliphatic heterocycles. The molecule has 0 bridgehead atoms. The highest BCUT2D eigenvalue weighted by atomic mass is 16.7. The van der Waals surface area contributed by atoms with Crippen LogP contribution in [0, 0.1) is 13.3 Å². The number of carbonyl (C=O) groups excluding carboxylic acids is 3. The van der Waals surface area contributed by atoms with Crippen molar-refractivity contribution in [2.75, 3.05) is 13.2 Å². The Morgan fingerprint density at radius 2 is 1.25 bits per heavy atom. The first-order valence-electron chi connectivity index (χ1n) is 20.2. The number of carboxylic acid groups (broad SMARTS) is 1. The number of carbonyl (C=O) groups is 4. The second kappa shape index (κ2) is 21.2. The minimum absolute atomic E-state index is 0.115. The summed E-state index contributed by atoms with van der Waals surface area (Å²) in [5.41, 5.74) is 4.37. The van der Waals surface area contributed by atoms with Crippen LogP contribution in [0.15, 0.2) is 146 Å². The summed E-state index contributed by atoms with van der Waals surface area (Å²) in [5.74, 6) is -6.47. The van der Waals surface area contributed by atoms with Crippen LogP contribution in [0.3, 0.4) is 0 Å². The molecule has 1 fully saturated rings. The van der Waals surface area contributed by atoms with E-state index in [-0.39, 0.29) is 22.3 Å². The molecule has 61 heavy (non-hydrogen) atoms. The second-order valence-electron chi connectivity index (χ2n) is 14.7. The van der Waals surface area contributed by atoms with Crippen molar-refractivity contribution in [3.63, 3.8) is 0 Å². The van der Waals surface area contributed by atoms with E-state index in [1.165, 1.54) is 48.4 Å². The fourth-order valence-corrected chi connectivity index (χ4v) is 7.08. The SMILES string of the molecule is C=CCOCCCCc1ccc(Cc2cc([C@]3(O)O[C@H]([CH]CC(=O)O)[C@@H](OC(=O)c4ccccc4)[C@H](OC(=O)c4ccccc4)[C@H]3OC(=O)c3ccccc3)ccc2C)cc1. The van der Waals surface area contributed by atoms with Crippen molar-refractivity contribution in [1.82, 2.24) is 0 Å². The molecule has 5 atom stereocenters. The van der Waals surface area contributed by atoms with E-state index >= 15 is 0 Å². The van der Waals surface area contributed by atoms with Gasteiger partial charge < -0.3 is 33.9 Å². The zero-order valence-corrected chi connectivity index (χ0v) is 33.9. The standard InChI is InChI=1S/C50H49O11/c1-3-30-57-31-14-13-15-35-23-25-36(26-24-35)32-40-33-41(27-22-34(40)2)50(56)46(60-49(55)39-20-11-6-12-21-39)45(59-48(54)38-18-9-5-10-19-38)44(42(61-50)28-29-43(51)52)58-47(53)37-16-7-4-8-17-37/h3-12,16-28,33,42,44-46,56H,1,13-15,29-32H2,2H3,(H,51,52)/t42-,44-,45+,46-,50+/m1/s1. The Kier molecular flexibility index (Phi) is 15.4. The fourth-order valence-electron chi connectivity index (χ4n) is 7.08. The monoisotopic (exact) mass is 825 g/mol. The topological polar surface area (TPSA) is 155 Å². The molecule has 0 spiro atoms. The first-order chi connectivity index (χ1) is 29.5. The van der Waals surface area contributed by atoms with Gasteiger partial charge in [-0.25, -0.2) is 14.4 Å². The summed E-state index contributed by atoms with van der Waals surface area (Å²) in [4.78, 5) is 53.6. The van der Waals surface area contributed by atoms with E-state index in [4.69, 9.17) is 23.7 Å². The minimum atomic E-state index is -2.59. The molecule has 0 aliphatic carbocycles. The van der Waals surface area contributed by atoms with Gasteiger partial charge in [0, 0.05) is 18.6 Å². The van der Waals surface area contributed by atoms with Gasteiger partial charge in [0.15, 0.2) is 12.2 Å². The molecule has 0 aromatic heterocycles. The molecule has 11 nitrogen and oxygen atoms in total. The first kappa shape index (κ1) is 44.2. The van der Waals surface area contributed by atoms with Gasteiger partial charge in [0.2, 0.25) is 11.9 Å². The van der Waals surface area contributed by atoms with Gasteiger partial charge in [-0.3, -0.25) is 4.79 Å². The van der Waals surface area contributed by atoms with Crippen LogP contribution in [-0.2, 0) is 47.1 Å². The smallest absolute Gasteiger partial charge is 0.338 e. The van der Waals surface area contributed by atoms with Crippen molar-refractivity contribution < 1.29 is 53.1 Å². The van der Waals surface area contributed by atoms with Crippen LogP contribution >= 0.6 is 0 Å². The van der Waals surface area contributed by atoms with Gasteiger partial charge >= 0.3 is 23.9 Å². The van der Waals surface area contributed by atoms with Gasteiger partial charge in [-0.2, -0.15) is 0 Å². The Morgan fingerprint density at radius 3 is 1.80 bits per heavy atom. The van der Waals surface area contributed by atoms with Crippen LogP contribution in [0.4, 0.5) is 0 Å². The minimum Gasteiger partial charge on any atom is -0.481 e. The summed E-state index contributed by atoms with van der Waals surface area (Å²) >= 11 is 0. The van der Waals surface area contributed by atoms with Crippen molar-refractivity contribution in [2.45, 2.75) is 69.2 Å². The lowest BCUT2D eigenvalue weighted by molar-refractivity contribution is -0.345. The van der Waals surface area contributed by atoms with Crippen molar-refractivity contribution in [1.29, 1.82) is 0 Å². The lowest BCUT2D eigenvalue weighted by Crippen LogP contribution is -2.66. The Hall–Kier alpha value is -6.40. The molecule has 0 unspecified atom stereocenters. The molecule has 1 radical (unpaired) electrons. The van der Waals surface area contributed by atoms with E-state index in [1.807, 2.05) is 19.1 Å². The molecular weight excluding hydrogens is 777 g/mol. The van der Waals surface area contributed by atoms with E-state index in [9.17, 15) is 29.4 Å². The molecule has 11 heteroatoms. The number of ether oxygens (including phenoxy) is 5. The highest BCUT2D eigenvalue weighted by Gasteiger charge is 2.60. The van der Waals surface area contributed by atoms with Crippen LogP contribution in [0.1, 0.15) is 78.2 Å². The number of benzene rings is 5. The average molecular weight is 826 g/mol. The number of rotatable bonds is 19. The van der Waals surface area contributed by atoms with Gasteiger partial charge in [-0.15, -0.1) is 6.58 Å². The van der Waals surface area contributed by atoms with E-state index in [0.29, 0.717) is 19.6 Å². The lowest BCUT2D eigenvalue weighted by Gasteiger charge is -2.49. The maximum Gasteiger partial charge on any atom is 0.338 e. The first-order valence-corrected chi connectivity index (χ1v) is 20.2. The molecular formula is C50H49O11.